The van der Waals surface area contributed by atoms with Crippen molar-refractivity contribution < 1.29 is 15.0 Å². The minimum atomic E-state index is -0.693. The first-order valence-corrected chi connectivity index (χ1v) is 7.65. The van der Waals surface area contributed by atoms with E-state index in [2.05, 4.69) is 31.9 Å². The molecule has 0 atom stereocenters. The van der Waals surface area contributed by atoms with E-state index in [0.717, 1.165) is 6.07 Å². The number of non-ortho nitro benzene ring substituents is 1. The maximum atomic E-state index is 11.6. The molecule has 0 amide bonds. The monoisotopic (exact) mass is 441 g/mol. The van der Waals surface area contributed by atoms with Crippen molar-refractivity contribution in [3.05, 3.63) is 70.6 Å². The van der Waals surface area contributed by atoms with Crippen molar-refractivity contribution in [2.75, 3.05) is 0 Å². The molecule has 0 radical (unpaired) electrons. The standard InChI is InChI=1S/C14H8Br2N2O5/c15-11-5-8(6-12(16)14(11)19)1-2-9-3-4-10(17(20)21)7-13(9)18(22)23/h1-7,19H/p-1/b2-1+. The summed E-state index contributed by atoms with van der Waals surface area (Å²) in [4.78, 5) is 20.4. The molecule has 0 unspecified atom stereocenters. The highest BCUT2D eigenvalue weighted by Gasteiger charge is 2.17. The molecule has 0 aliphatic heterocycles. The largest absolute Gasteiger partial charge is 0.871 e. The fraction of sp³-hybridized carbons (Fsp3) is 0. The highest BCUT2D eigenvalue weighted by molar-refractivity contribution is 9.11. The van der Waals surface area contributed by atoms with Gasteiger partial charge >= 0.3 is 0 Å². The lowest BCUT2D eigenvalue weighted by atomic mass is 10.1. The molecule has 2 aromatic carbocycles. The van der Waals surface area contributed by atoms with Crippen molar-refractivity contribution in [3.8, 4) is 5.75 Å². The number of hydrogen-bond donors (Lipinski definition) is 0. The fourth-order valence-corrected chi connectivity index (χ4v) is 3.03. The first-order valence-electron chi connectivity index (χ1n) is 6.06. The number of nitro groups is 2. The Kier molecular flexibility index (Phi) is 5.12. The maximum Gasteiger partial charge on any atom is 0.283 e. The highest BCUT2D eigenvalue weighted by atomic mass is 79.9. The van der Waals surface area contributed by atoms with Crippen LogP contribution in [0.15, 0.2) is 39.3 Å². The van der Waals surface area contributed by atoms with Gasteiger partial charge in [0.1, 0.15) is 0 Å². The van der Waals surface area contributed by atoms with Crippen molar-refractivity contribution in [1.29, 1.82) is 0 Å². The third kappa shape index (κ3) is 3.93. The molecule has 2 rings (SSSR count). The van der Waals surface area contributed by atoms with Crippen LogP contribution in [0.1, 0.15) is 11.1 Å². The van der Waals surface area contributed by atoms with Gasteiger partial charge in [0.2, 0.25) is 0 Å². The van der Waals surface area contributed by atoms with E-state index in [1.165, 1.54) is 18.2 Å². The van der Waals surface area contributed by atoms with Crippen LogP contribution in [0.4, 0.5) is 11.4 Å². The van der Waals surface area contributed by atoms with E-state index in [1.54, 1.807) is 18.2 Å². The molecule has 0 saturated heterocycles. The van der Waals surface area contributed by atoms with E-state index in [1.807, 2.05) is 0 Å². The first-order chi connectivity index (χ1) is 10.8. The number of nitrogens with zero attached hydrogens (tertiary/aromatic N) is 2. The van der Waals surface area contributed by atoms with Crippen LogP contribution >= 0.6 is 31.9 Å². The van der Waals surface area contributed by atoms with Gasteiger partial charge in [0, 0.05) is 15.0 Å². The number of hydrogen-bond acceptors (Lipinski definition) is 5. The molecule has 0 bridgehead atoms. The Labute approximate surface area is 146 Å². The SMILES string of the molecule is O=[N+]([O-])c1ccc(/C=C/c2cc(Br)c([O-])c(Br)c2)c([N+](=O)[O-])c1. The van der Waals surface area contributed by atoms with Gasteiger partial charge in [0.05, 0.1) is 21.5 Å². The highest BCUT2D eigenvalue weighted by Crippen LogP contribution is 2.32. The summed E-state index contributed by atoms with van der Waals surface area (Å²) >= 11 is 6.25. The van der Waals surface area contributed by atoms with Gasteiger partial charge in [-0.25, -0.2) is 0 Å². The smallest absolute Gasteiger partial charge is 0.283 e. The Hall–Kier alpha value is -2.26. The molecule has 2 aromatic rings. The van der Waals surface area contributed by atoms with Crippen LogP contribution in [0.2, 0.25) is 0 Å². The normalized spacial score (nSPS) is 10.9. The van der Waals surface area contributed by atoms with Crippen LogP contribution in [-0.2, 0) is 0 Å². The second-order valence-corrected chi connectivity index (χ2v) is 6.11. The number of rotatable bonds is 4. The van der Waals surface area contributed by atoms with Crippen LogP contribution in [-0.4, -0.2) is 9.85 Å². The van der Waals surface area contributed by atoms with Gasteiger partial charge in [-0.05, 0) is 29.8 Å². The Morgan fingerprint density at radius 2 is 1.52 bits per heavy atom. The van der Waals surface area contributed by atoms with E-state index in [4.69, 9.17) is 0 Å². The van der Waals surface area contributed by atoms with E-state index in [0.29, 0.717) is 14.5 Å². The Morgan fingerprint density at radius 1 is 0.913 bits per heavy atom. The molecule has 0 heterocycles. The predicted molar refractivity (Wildman–Crippen MR) is 90.0 cm³/mol. The third-order valence-corrected chi connectivity index (χ3v) is 4.08. The summed E-state index contributed by atoms with van der Waals surface area (Å²) in [6.45, 7) is 0. The minimum absolute atomic E-state index is 0.205. The quantitative estimate of drug-likeness (QED) is 0.398. The second-order valence-electron chi connectivity index (χ2n) is 4.40. The summed E-state index contributed by atoms with van der Waals surface area (Å²) in [5.41, 5.74) is 0.138. The Morgan fingerprint density at radius 3 is 2.04 bits per heavy atom. The summed E-state index contributed by atoms with van der Waals surface area (Å²) in [6, 6.07) is 6.55. The number of nitro benzene ring substituents is 2. The molecular formula is C14H7Br2N2O5-. The first kappa shape index (κ1) is 17.1. The summed E-state index contributed by atoms with van der Waals surface area (Å²) < 4.78 is 0.703. The molecule has 7 nitrogen and oxygen atoms in total. The lowest BCUT2D eigenvalue weighted by molar-refractivity contribution is -0.394. The third-order valence-electron chi connectivity index (χ3n) is 2.90. The van der Waals surface area contributed by atoms with Crippen molar-refractivity contribution >= 4 is 55.4 Å². The van der Waals surface area contributed by atoms with Gasteiger partial charge in [0.25, 0.3) is 11.4 Å². The van der Waals surface area contributed by atoms with Crippen LogP contribution < -0.4 is 5.11 Å². The van der Waals surface area contributed by atoms with E-state index >= 15 is 0 Å². The fourth-order valence-electron chi connectivity index (χ4n) is 1.81. The zero-order valence-corrected chi connectivity index (χ0v) is 14.4. The lowest BCUT2D eigenvalue weighted by Crippen LogP contribution is -1.95. The molecule has 23 heavy (non-hydrogen) atoms. The molecule has 0 spiro atoms. The summed E-state index contributed by atoms with van der Waals surface area (Å²) in [5.74, 6) is -0.205. The zero-order valence-electron chi connectivity index (χ0n) is 11.2. The van der Waals surface area contributed by atoms with Crippen LogP contribution in [0.5, 0.6) is 5.75 Å². The molecule has 0 fully saturated rings. The van der Waals surface area contributed by atoms with Gasteiger partial charge in [-0.1, -0.05) is 43.7 Å². The van der Waals surface area contributed by atoms with Crippen LogP contribution in [0, 0.1) is 20.2 Å². The Bertz CT molecular complexity index is 813. The van der Waals surface area contributed by atoms with Crippen LogP contribution in [0.25, 0.3) is 12.2 Å². The van der Waals surface area contributed by atoms with E-state index in [-0.39, 0.29) is 22.7 Å². The Balaban J connectivity index is 2.43. The minimum Gasteiger partial charge on any atom is -0.871 e. The number of benzene rings is 2. The molecule has 0 N–H and O–H groups in total. The summed E-state index contributed by atoms with van der Waals surface area (Å²) in [6.07, 6.45) is 3.03. The molecule has 0 aromatic heterocycles. The average Bonchev–Trinajstić information content (AvgIpc) is 2.49. The second kappa shape index (κ2) is 6.88. The molecular weight excluding hydrogens is 436 g/mol. The summed E-state index contributed by atoms with van der Waals surface area (Å²) in [7, 11) is 0. The molecule has 0 saturated carbocycles. The average molecular weight is 443 g/mol. The van der Waals surface area contributed by atoms with Gasteiger partial charge < -0.3 is 5.11 Å². The lowest BCUT2D eigenvalue weighted by Gasteiger charge is -2.12. The van der Waals surface area contributed by atoms with Gasteiger partial charge in [-0.3, -0.25) is 20.2 Å². The maximum absolute atomic E-state index is 11.6. The van der Waals surface area contributed by atoms with Gasteiger partial charge in [-0.15, -0.1) is 0 Å². The van der Waals surface area contributed by atoms with Crippen LogP contribution in [0.3, 0.4) is 0 Å². The van der Waals surface area contributed by atoms with Gasteiger partial charge in [0.15, 0.2) is 0 Å². The number of halogens is 2. The van der Waals surface area contributed by atoms with E-state index in [9.17, 15) is 25.3 Å². The molecule has 0 aliphatic rings. The van der Waals surface area contributed by atoms with Crippen molar-refractivity contribution in [1.82, 2.24) is 0 Å². The molecule has 9 heteroatoms. The van der Waals surface area contributed by atoms with Crippen molar-refractivity contribution in [2.45, 2.75) is 0 Å². The topological polar surface area (TPSA) is 109 Å². The van der Waals surface area contributed by atoms with Crippen molar-refractivity contribution in [2.24, 2.45) is 0 Å². The molecule has 118 valence electrons. The van der Waals surface area contributed by atoms with Gasteiger partial charge in [-0.2, -0.15) is 0 Å². The molecule has 0 aliphatic carbocycles. The zero-order chi connectivity index (χ0) is 17.1. The van der Waals surface area contributed by atoms with Crippen molar-refractivity contribution in [3.63, 3.8) is 0 Å². The van der Waals surface area contributed by atoms with E-state index < -0.39 is 9.85 Å². The predicted octanol–water partition coefficient (Wildman–Crippen LogP) is 4.27. The summed E-state index contributed by atoms with van der Waals surface area (Å²) in [5, 5.41) is 33.3.